The molecule has 0 bridgehead atoms. The first-order valence-corrected chi connectivity index (χ1v) is 20.4. The summed E-state index contributed by atoms with van der Waals surface area (Å²) < 4.78 is 0. The summed E-state index contributed by atoms with van der Waals surface area (Å²) in [5.41, 5.74) is 24.6. The second-order valence-corrected chi connectivity index (χ2v) is 16.2. The van der Waals surface area contributed by atoms with Crippen molar-refractivity contribution in [3.8, 4) is 0 Å². The van der Waals surface area contributed by atoms with Crippen LogP contribution in [-0.2, 0) is 0 Å². The van der Waals surface area contributed by atoms with Crippen molar-refractivity contribution in [2.24, 2.45) is 0 Å². The topological polar surface area (TPSA) is 6.48 Å². The van der Waals surface area contributed by atoms with Gasteiger partial charge in [0, 0.05) is 34.1 Å². The van der Waals surface area contributed by atoms with Crippen LogP contribution in [0.5, 0.6) is 0 Å². The number of rotatable bonds is 10. The highest BCUT2D eigenvalue weighted by Gasteiger charge is 2.17. The lowest BCUT2D eigenvalue weighted by Crippen LogP contribution is -2.11. The predicted molar refractivity (Wildman–Crippen MR) is 254 cm³/mol. The summed E-state index contributed by atoms with van der Waals surface area (Å²) in [5, 5.41) is 0. The average Bonchev–Trinajstić information content (AvgIpc) is 3.19. The zero-order valence-electron chi connectivity index (χ0n) is 35.9. The Hall–Kier alpha value is -6.38. The van der Waals surface area contributed by atoms with E-state index >= 15 is 0 Å². The van der Waals surface area contributed by atoms with Gasteiger partial charge < -0.3 is 9.80 Å². The van der Waals surface area contributed by atoms with E-state index in [1.54, 1.807) is 0 Å². The third kappa shape index (κ3) is 8.77. The van der Waals surface area contributed by atoms with Crippen LogP contribution in [0.2, 0.25) is 0 Å². The summed E-state index contributed by atoms with van der Waals surface area (Å²) in [7, 11) is 0. The van der Waals surface area contributed by atoms with Gasteiger partial charge in [-0.05, 0) is 226 Å². The van der Waals surface area contributed by atoms with Crippen molar-refractivity contribution in [3.05, 3.63) is 211 Å². The summed E-state index contributed by atoms with van der Waals surface area (Å²) >= 11 is 0. The molecule has 0 aliphatic carbocycles. The molecule has 0 N–H and O–H groups in total. The monoisotopic (exact) mass is 756 g/mol. The summed E-state index contributed by atoms with van der Waals surface area (Å²) in [6.07, 6.45) is 8.91. The first kappa shape index (κ1) is 39.8. The molecular weight excluding hydrogens is 701 g/mol. The van der Waals surface area contributed by atoms with E-state index in [-0.39, 0.29) is 0 Å². The third-order valence-electron chi connectivity index (χ3n) is 11.7. The lowest BCUT2D eigenvalue weighted by Gasteiger charge is -2.27. The Balaban J connectivity index is 1.12. The van der Waals surface area contributed by atoms with Gasteiger partial charge in [-0.15, -0.1) is 0 Å². The van der Waals surface area contributed by atoms with E-state index < -0.39 is 0 Å². The van der Waals surface area contributed by atoms with Crippen LogP contribution < -0.4 is 9.80 Å². The number of anilines is 6. The van der Waals surface area contributed by atoms with Gasteiger partial charge in [-0.2, -0.15) is 0 Å². The Morgan fingerprint density at radius 3 is 1.00 bits per heavy atom. The lowest BCUT2D eigenvalue weighted by atomic mass is 10.0. The standard InChI is InChI=1S/C56H56N2/c1-37-14-11-18-51(28-37)57(55-30-39(3)45(9)40(4)31-55)53-26-24-49(43(7)34-53)22-20-47-16-13-17-48(36-47)21-23-50-25-27-54(35-44(50)8)58(52-19-12-15-38(2)29-52)56-32-41(5)46(10)42(6)33-56/h11-36H,1-10H3/b22-20+,23-21+. The van der Waals surface area contributed by atoms with Crippen LogP contribution in [0.1, 0.15) is 77.9 Å². The minimum absolute atomic E-state index is 1.15. The summed E-state index contributed by atoms with van der Waals surface area (Å²) in [6, 6.07) is 49.1. The largest absolute Gasteiger partial charge is 0.310 e. The maximum Gasteiger partial charge on any atom is 0.0467 e. The van der Waals surface area contributed by atoms with Crippen LogP contribution in [0, 0.1) is 69.2 Å². The van der Waals surface area contributed by atoms with E-state index in [9.17, 15) is 0 Å². The van der Waals surface area contributed by atoms with Crippen molar-refractivity contribution in [3.63, 3.8) is 0 Å². The van der Waals surface area contributed by atoms with Gasteiger partial charge in [0.25, 0.3) is 0 Å². The summed E-state index contributed by atoms with van der Waals surface area (Å²) in [5.74, 6) is 0. The van der Waals surface area contributed by atoms with Gasteiger partial charge in [0.15, 0.2) is 0 Å². The minimum Gasteiger partial charge on any atom is -0.310 e. The van der Waals surface area contributed by atoms with Gasteiger partial charge in [-0.1, -0.05) is 78.9 Å². The number of hydrogen-bond acceptors (Lipinski definition) is 2. The maximum atomic E-state index is 2.38. The summed E-state index contributed by atoms with van der Waals surface area (Å²) in [4.78, 5) is 4.76. The van der Waals surface area contributed by atoms with E-state index in [1.165, 1.54) is 89.3 Å². The van der Waals surface area contributed by atoms with Crippen LogP contribution in [-0.4, -0.2) is 0 Å². The van der Waals surface area contributed by atoms with E-state index in [0.29, 0.717) is 0 Å². The molecule has 0 spiro atoms. The SMILES string of the molecule is Cc1cccc(N(c2ccc(/C=C/c3cccc(/C=C/c4ccc(N(c5cccc(C)c5)c5cc(C)c(C)c(C)c5)cc4C)c3)c(C)c2)c2cc(C)c(C)c(C)c2)c1. The van der Waals surface area contributed by atoms with Crippen LogP contribution in [0.15, 0.2) is 133 Å². The molecule has 0 unspecified atom stereocenters. The van der Waals surface area contributed by atoms with Crippen LogP contribution >= 0.6 is 0 Å². The molecule has 2 heteroatoms. The average molecular weight is 757 g/mol. The molecule has 0 amide bonds. The number of nitrogens with zero attached hydrogens (tertiary/aromatic N) is 2. The van der Waals surface area contributed by atoms with Crippen LogP contribution in [0.4, 0.5) is 34.1 Å². The molecule has 0 atom stereocenters. The van der Waals surface area contributed by atoms with Gasteiger partial charge >= 0.3 is 0 Å². The molecule has 0 aliphatic rings. The second kappa shape index (κ2) is 17.0. The number of hydrogen-bond donors (Lipinski definition) is 0. The minimum atomic E-state index is 1.15. The van der Waals surface area contributed by atoms with E-state index in [2.05, 4.69) is 237 Å². The fraction of sp³-hybridized carbons (Fsp3) is 0.179. The van der Waals surface area contributed by atoms with Crippen molar-refractivity contribution in [2.45, 2.75) is 69.2 Å². The molecule has 0 heterocycles. The molecule has 0 saturated heterocycles. The highest BCUT2D eigenvalue weighted by Crippen LogP contribution is 2.39. The molecule has 0 radical (unpaired) electrons. The van der Waals surface area contributed by atoms with E-state index in [4.69, 9.17) is 0 Å². The third-order valence-corrected chi connectivity index (χ3v) is 11.7. The number of aryl methyl sites for hydroxylation is 8. The van der Waals surface area contributed by atoms with Crippen molar-refractivity contribution in [2.75, 3.05) is 9.80 Å². The van der Waals surface area contributed by atoms with Gasteiger partial charge in [0.05, 0.1) is 0 Å². The zero-order chi connectivity index (χ0) is 41.1. The van der Waals surface area contributed by atoms with Crippen molar-refractivity contribution >= 4 is 58.4 Å². The maximum absolute atomic E-state index is 2.38. The first-order chi connectivity index (χ1) is 27.8. The quantitative estimate of drug-likeness (QED) is 0.128. The van der Waals surface area contributed by atoms with Gasteiger partial charge in [-0.25, -0.2) is 0 Å². The van der Waals surface area contributed by atoms with E-state index in [1.807, 2.05) is 0 Å². The molecule has 0 aromatic heterocycles. The van der Waals surface area contributed by atoms with Crippen molar-refractivity contribution in [1.29, 1.82) is 0 Å². The zero-order valence-corrected chi connectivity index (χ0v) is 35.9. The van der Waals surface area contributed by atoms with Crippen molar-refractivity contribution in [1.82, 2.24) is 0 Å². The molecular formula is C56H56N2. The Morgan fingerprint density at radius 2 is 0.638 bits per heavy atom. The lowest BCUT2D eigenvalue weighted by molar-refractivity contribution is 1.21. The Bertz CT molecular complexity index is 2460. The molecule has 58 heavy (non-hydrogen) atoms. The van der Waals surface area contributed by atoms with E-state index in [0.717, 1.165) is 22.7 Å². The molecule has 7 aromatic rings. The molecule has 0 saturated carbocycles. The normalized spacial score (nSPS) is 11.5. The fourth-order valence-corrected chi connectivity index (χ4v) is 7.82. The molecule has 0 aliphatic heterocycles. The van der Waals surface area contributed by atoms with Crippen LogP contribution in [0.25, 0.3) is 24.3 Å². The molecule has 2 nitrogen and oxygen atoms in total. The Kier molecular flexibility index (Phi) is 11.7. The predicted octanol–water partition coefficient (Wildman–Crippen LogP) is 16.1. The van der Waals surface area contributed by atoms with Gasteiger partial charge in [0.2, 0.25) is 0 Å². The molecule has 0 fully saturated rings. The molecule has 7 aromatic carbocycles. The molecule has 290 valence electrons. The summed E-state index contributed by atoms with van der Waals surface area (Å²) in [6.45, 7) is 22.0. The first-order valence-electron chi connectivity index (χ1n) is 20.4. The molecule has 7 rings (SSSR count). The second-order valence-electron chi connectivity index (χ2n) is 16.2. The van der Waals surface area contributed by atoms with Gasteiger partial charge in [-0.3, -0.25) is 0 Å². The highest BCUT2D eigenvalue weighted by atomic mass is 15.1. The van der Waals surface area contributed by atoms with Crippen LogP contribution in [0.3, 0.4) is 0 Å². The Morgan fingerprint density at radius 1 is 0.293 bits per heavy atom. The smallest absolute Gasteiger partial charge is 0.0467 e. The number of benzene rings is 7. The fourth-order valence-electron chi connectivity index (χ4n) is 7.82. The van der Waals surface area contributed by atoms with Crippen molar-refractivity contribution < 1.29 is 0 Å². The van der Waals surface area contributed by atoms with Gasteiger partial charge in [0.1, 0.15) is 0 Å². The Labute approximate surface area is 347 Å². The highest BCUT2D eigenvalue weighted by molar-refractivity contribution is 5.82.